The van der Waals surface area contributed by atoms with E-state index in [-0.39, 0.29) is 35.1 Å². The maximum Gasteiger partial charge on any atom is 0.307 e. The molecule has 1 aromatic carbocycles. The van der Waals surface area contributed by atoms with Crippen LogP contribution >= 0.6 is 0 Å². The normalized spacial score (nSPS) is 9.36. The standard InChI is InChI=1S/C8H5F3O2.Na/c9-5-2-1-4(3-6(12)13)7(10)8(5)11;/h1-2H,3H2,(H,12,13);. The fourth-order valence-electron chi connectivity index (χ4n) is 0.865. The van der Waals surface area contributed by atoms with Gasteiger partial charge in [0.15, 0.2) is 17.5 Å². The zero-order chi connectivity index (χ0) is 10.0. The first-order valence-corrected chi connectivity index (χ1v) is 3.36. The molecular formula is C8H5F3NaO2. The molecule has 0 amide bonds. The largest absolute Gasteiger partial charge is 0.481 e. The molecule has 14 heavy (non-hydrogen) atoms. The van der Waals surface area contributed by atoms with E-state index in [0.29, 0.717) is 6.07 Å². The minimum atomic E-state index is -1.64. The van der Waals surface area contributed by atoms with Crippen LogP contribution in [0.1, 0.15) is 5.56 Å². The van der Waals surface area contributed by atoms with Crippen molar-refractivity contribution < 1.29 is 23.1 Å². The molecule has 6 heteroatoms. The van der Waals surface area contributed by atoms with Gasteiger partial charge in [0.2, 0.25) is 0 Å². The topological polar surface area (TPSA) is 37.3 Å². The molecule has 0 atom stereocenters. The molecule has 0 aromatic heterocycles. The predicted octanol–water partition coefficient (Wildman–Crippen LogP) is 1.35. The summed E-state index contributed by atoms with van der Waals surface area (Å²) in [5.74, 6) is -5.71. The monoisotopic (exact) mass is 213 g/mol. The number of carbonyl (C=O) groups is 1. The molecular weight excluding hydrogens is 208 g/mol. The van der Waals surface area contributed by atoms with Crippen LogP contribution in [0, 0.1) is 17.5 Å². The van der Waals surface area contributed by atoms with Crippen molar-refractivity contribution in [2.24, 2.45) is 0 Å². The van der Waals surface area contributed by atoms with Crippen molar-refractivity contribution in [2.75, 3.05) is 0 Å². The average Bonchev–Trinajstić information content (AvgIpc) is 2.06. The molecule has 0 unspecified atom stereocenters. The zero-order valence-corrected chi connectivity index (χ0v) is 9.35. The maximum absolute atomic E-state index is 12.7. The minimum Gasteiger partial charge on any atom is -0.481 e. The van der Waals surface area contributed by atoms with Crippen molar-refractivity contribution in [3.05, 3.63) is 35.1 Å². The first kappa shape index (κ1) is 13.5. The Morgan fingerprint density at radius 3 is 2.29 bits per heavy atom. The Labute approximate surface area is 100 Å². The first-order valence-electron chi connectivity index (χ1n) is 3.36. The van der Waals surface area contributed by atoms with Gasteiger partial charge < -0.3 is 5.11 Å². The van der Waals surface area contributed by atoms with Crippen molar-refractivity contribution >= 4 is 35.5 Å². The molecule has 0 fully saturated rings. The molecule has 0 aliphatic heterocycles. The molecule has 0 aliphatic rings. The van der Waals surface area contributed by atoms with Gasteiger partial charge in [0.1, 0.15) is 0 Å². The molecule has 0 heterocycles. The van der Waals surface area contributed by atoms with E-state index in [0.717, 1.165) is 6.07 Å². The Morgan fingerprint density at radius 2 is 1.79 bits per heavy atom. The van der Waals surface area contributed by atoms with Crippen LogP contribution in [0.15, 0.2) is 12.1 Å². The summed E-state index contributed by atoms with van der Waals surface area (Å²) in [6.07, 6.45) is -0.664. The van der Waals surface area contributed by atoms with Crippen molar-refractivity contribution in [2.45, 2.75) is 6.42 Å². The quantitative estimate of drug-likeness (QED) is 0.594. The van der Waals surface area contributed by atoms with Gasteiger partial charge >= 0.3 is 5.97 Å². The number of carboxylic acid groups (broad SMARTS) is 1. The van der Waals surface area contributed by atoms with Crippen LogP contribution < -0.4 is 0 Å². The SMILES string of the molecule is O=C(O)Cc1ccc(F)c(F)c1F.[Na]. The second-order valence-electron chi connectivity index (χ2n) is 2.40. The Kier molecular flexibility index (Phi) is 5.18. The Balaban J connectivity index is 0.00000169. The summed E-state index contributed by atoms with van der Waals surface area (Å²) >= 11 is 0. The Morgan fingerprint density at radius 1 is 1.21 bits per heavy atom. The van der Waals surface area contributed by atoms with E-state index in [4.69, 9.17) is 5.11 Å². The third-order valence-corrected chi connectivity index (χ3v) is 1.46. The summed E-state index contributed by atoms with van der Waals surface area (Å²) in [4.78, 5) is 10.1. The first-order chi connectivity index (χ1) is 6.02. The summed E-state index contributed by atoms with van der Waals surface area (Å²) in [7, 11) is 0. The average molecular weight is 213 g/mol. The molecule has 0 saturated carbocycles. The van der Waals surface area contributed by atoms with E-state index in [9.17, 15) is 18.0 Å². The third-order valence-electron chi connectivity index (χ3n) is 1.46. The Bertz CT molecular complexity index is 355. The molecule has 1 aromatic rings. The fourth-order valence-corrected chi connectivity index (χ4v) is 0.865. The van der Waals surface area contributed by atoms with E-state index in [1.807, 2.05) is 0 Å². The van der Waals surface area contributed by atoms with Gasteiger partial charge in [-0.15, -0.1) is 0 Å². The van der Waals surface area contributed by atoms with E-state index < -0.39 is 29.8 Å². The number of aliphatic carboxylic acids is 1. The molecule has 0 bridgehead atoms. The van der Waals surface area contributed by atoms with E-state index in [1.165, 1.54) is 0 Å². The second-order valence-corrected chi connectivity index (χ2v) is 2.40. The van der Waals surface area contributed by atoms with Gasteiger partial charge in [-0.2, -0.15) is 0 Å². The summed E-state index contributed by atoms with van der Waals surface area (Å²) < 4.78 is 37.6. The van der Waals surface area contributed by atoms with Gasteiger partial charge in [-0.1, -0.05) is 6.07 Å². The van der Waals surface area contributed by atoms with Crippen LogP contribution in [-0.2, 0) is 11.2 Å². The molecule has 1 radical (unpaired) electrons. The predicted molar refractivity (Wildman–Crippen MR) is 43.4 cm³/mol. The van der Waals surface area contributed by atoms with Gasteiger partial charge in [0, 0.05) is 35.1 Å². The van der Waals surface area contributed by atoms with Crippen LogP contribution in [0.25, 0.3) is 0 Å². The van der Waals surface area contributed by atoms with Gasteiger partial charge in [-0.05, 0) is 6.07 Å². The Hall–Kier alpha value is -0.520. The van der Waals surface area contributed by atoms with Crippen LogP contribution in [0.4, 0.5) is 13.2 Å². The van der Waals surface area contributed by atoms with Crippen molar-refractivity contribution in [1.29, 1.82) is 0 Å². The molecule has 0 saturated heterocycles. The molecule has 1 rings (SSSR count). The van der Waals surface area contributed by atoms with Crippen LogP contribution in [0.5, 0.6) is 0 Å². The smallest absolute Gasteiger partial charge is 0.307 e. The molecule has 71 valence electrons. The van der Waals surface area contributed by atoms with Crippen LogP contribution in [0.2, 0.25) is 0 Å². The van der Waals surface area contributed by atoms with Gasteiger partial charge in [-0.3, -0.25) is 4.79 Å². The van der Waals surface area contributed by atoms with Crippen molar-refractivity contribution in [1.82, 2.24) is 0 Å². The van der Waals surface area contributed by atoms with Gasteiger partial charge in [0.05, 0.1) is 6.42 Å². The number of hydrogen-bond acceptors (Lipinski definition) is 1. The van der Waals surface area contributed by atoms with Crippen LogP contribution in [0.3, 0.4) is 0 Å². The zero-order valence-electron chi connectivity index (χ0n) is 7.35. The number of halogens is 3. The summed E-state index contributed by atoms with van der Waals surface area (Å²) in [5.41, 5.74) is -0.369. The minimum absolute atomic E-state index is 0. The summed E-state index contributed by atoms with van der Waals surface area (Å²) in [6, 6.07) is 1.60. The number of carboxylic acids is 1. The van der Waals surface area contributed by atoms with Crippen molar-refractivity contribution in [3.63, 3.8) is 0 Å². The summed E-state index contributed by atoms with van der Waals surface area (Å²) in [6.45, 7) is 0. The molecule has 2 nitrogen and oxygen atoms in total. The van der Waals surface area contributed by atoms with E-state index in [2.05, 4.69) is 0 Å². The van der Waals surface area contributed by atoms with E-state index in [1.54, 1.807) is 0 Å². The van der Waals surface area contributed by atoms with Crippen LogP contribution in [-0.4, -0.2) is 40.6 Å². The van der Waals surface area contributed by atoms with E-state index >= 15 is 0 Å². The number of hydrogen-bond donors (Lipinski definition) is 1. The second kappa shape index (κ2) is 5.38. The number of rotatable bonds is 2. The number of benzene rings is 1. The molecule has 0 aliphatic carbocycles. The van der Waals surface area contributed by atoms with Crippen molar-refractivity contribution in [3.8, 4) is 0 Å². The summed E-state index contributed by atoms with van der Waals surface area (Å²) in [5, 5.41) is 8.27. The van der Waals surface area contributed by atoms with Gasteiger partial charge in [-0.25, -0.2) is 13.2 Å². The fraction of sp³-hybridized carbons (Fsp3) is 0.125. The van der Waals surface area contributed by atoms with Gasteiger partial charge in [0.25, 0.3) is 0 Å². The maximum atomic E-state index is 12.7. The third kappa shape index (κ3) is 3.01. The molecule has 1 N–H and O–H groups in total. The molecule has 0 spiro atoms.